The lowest BCUT2D eigenvalue weighted by atomic mass is 10.1. The van der Waals surface area contributed by atoms with E-state index in [1.54, 1.807) is 17.4 Å². The lowest BCUT2D eigenvalue weighted by molar-refractivity contribution is -0.114. The number of hydrogen-bond acceptors (Lipinski definition) is 4. The third kappa shape index (κ3) is 2.27. The van der Waals surface area contributed by atoms with Crippen LogP contribution in [0.3, 0.4) is 0 Å². The Morgan fingerprint density at radius 3 is 3.05 bits per heavy atom. The van der Waals surface area contributed by atoms with Gasteiger partial charge in [0.2, 0.25) is 5.91 Å². The van der Waals surface area contributed by atoms with Crippen LogP contribution in [0.2, 0.25) is 0 Å². The van der Waals surface area contributed by atoms with Crippen molar-refractivity contribution < 1.29 is 4.79 Å². The van der Waals surface area contributed by atoms with Gasteiger partial charge in [-0.3, -0.25) is 9.59 Å². The van der Waals surface area contributed by atoms with Crippen molar-refractivity contribution in [2.24, 2.45) is 0 Å². The van der Waals surface area contributed by atoms with Crippen LogP contribution in [0.15, 0.2) is 23.0 Å². The largest absolute Gasteiger partial charge is 0.326 e. The van der Waals surface area contributed by atoms with Gasteiger partial charge in [-0.25, -0.2) is 0 Å². The molecule has 2 heterocycles. The molecule has 0 atom stereocenters. The molecule has 0 saturated carbocycles. The molecule has 0 bridgehead atoms. The average molecular weight is 274 g/mol. The van der Waals surface area contributed by atoms with Crippen molar-refractivity contribution in [3.8, 4) is 0 Å². The fourth-order valence-corrected chi connectivity index (χ4v) is 3.51. The highest BCUT2D eigenvalue weighted by molar-refractivity contribution is 7.18. The molecule has 5 heteroatoms. The second-order valence-corrected chi connectivity index (χ2v) is 5.79. The molecule has 2 N–H and O–H groups in total. The summed E-state index contributed by atoms with van der Waals surface area (Å²) < 4.78 is 0.986. The molecule has 1 aromatic heterocycles. The van der Waals surface area contributed by atoms with Crippen molar-refractivity contribution in [1.29, 1.82) is 0 Å². The van der Waals surface area contributed by atoms with Crippen LogP contribution in [0.25, 0.3) is 10.1 Å². The topological polar surface area (TPSA) is 58.2 Å². The minimum atomic E-state index is -0.130. The molecule has 4 nitrogen and oxygen atoms in total. The minimum Gasteiger partial charge on any atom is -0.326 e. The second kappa shape index (κ2) is 4.75. The SMILES string of the molecule is CC(=O)Nc1ccc2sc3c(c(=O)c2c1)CNCC3. The van der Waals surface area contributed by atoms with Crippen molar-refractivity contribution in [3.63, 3.8) is 0 Å². The van der Waals surface area contributed by atoms with E-state index in [0.717, 1.165) is 23.2 Å². The van der Waals surface area contributed by atoms with Crippen LogP contribution in [-0.4, -0.2) is 12.5 Å². The maximum absolute atomic E-state index is 12.5. The lowest BCUT2D eigenvalue weighted by Gasteiger charge is -2.16. The summed E-state index contributed by atoms with van der Waals surface area (Å²) in [6, 6.07) is 5.52. The van der Waals surface area contributed by atoms with Gasteiger partial charge in [0.15, 0.2) is 5.43 Å². The first-order valence-electron chi connectivity index (χ1n) is 6.22. The van der Waals surface area contributed by atoms with E-state index in [1.165, 1.54) is 11.8 Å². The van der Waals surface area contributed by atoms with E-state index in [-0.39, 0.29) is 11.3 Å². The van der Waals surface area contributed by atoms with Crippen LogP contribution < -0.4 is 16.1 Å². The number of hydrogen-bond donors (Lipinski definition) is 2. The molecule has 1 aromatic carbocycles. The normalized spacial score (nSPS) is 14.2. The molecule has 3 rings (SSSR count). The fraction of sp³-hybridized carbons (Fsp3) is 0.286. The predicted octanol–water partition coefficient (Wildman–Crippen LogP) is 1.87. The van der Waals surface area contributed by atoms with Gasteiger partial charge in [-0.15, -0.1) is 11.3 Å². The highest BCUT2D eigenvalue weighted by Crippen LogP contribution is 2.26. The Hall–Kier alpha value is -1.72. The van der Waals surface area contributed by atoms with Gasteiger partial charge in [0.05, 0.1) is 0 Å². The molecule has 0 radical (unpaired) electrons. The van der Waals surface area contributed by atoms with Gasteiger partial charge in [0.1, 0.15) is 0 Å². The van der Waals surface area contributed by atoms with E-state index in [0.29, 0.717) is 17.6 Å². The molecular weight excluding hydrogens is 260 g/mol. The maximum Gasteiger partial charge on any atom is 0.221 e. The molecule has 2 aromatic rings. The summed E-state index contributed by atoms with van der Waals surface area (Å²) in [5.74, 6) is -0.130. The smallest absolute Gasteiger partial charge is 0.221 e. The Balaban J connectivity index is 2.20. The van der Waals surface area contributed by atoms with Gasteiger partial charge in [0.25, 0.3) is 0 Å². The van der Waals surface area contributed by atoms with Crippen molar-refractivity contribution in [2.45, 2.75) is 19.9 Å². The summed E-state index contributed by atoms with van der Waals surface area (Å²) >= 11 is 1.68. The Morgan fingerprint density at radius 2 is 2.26 bits per heavy atom. The molecule has 0 saturated heterocycles. The standard InChI is InChI=1S/C14H14N2O2S/c1-8(17)16-9-2-3-12-10(6-9)14(18)11-7-15-5-4-13(11)19-12/h2-3,6,15H,4-5,7H2,1H3,(H,16,17). The van der Waals surface area contributed by atoms with Crippen molar-refractivity contribution in [3.05, 3.63) is 38.9 Å². The highest BCUT2D eigenvalue weighted by atomic mass is 32.1. The summed E-state index contributed by atoms with van der Waals surface area (Å²) in [5.41, 5.74) is 1.64. The van der Waals surface area contributed by atoms with Gasteiger partial charge in [-0.1, -0.05) is 0 Å². The van der Waals surface area contributed by atoms with E-state index in [1.807, 2.05) is 12.1 Å². The van der Waals surface area contributed by atoms with Crippen LogP contribution in [0.1, 0.15) is 17.4 Å². The minimum absolute atomic E-state index is 0.0863. The number of nitrogens with one attached hydrogen (secondary N) is 2. The summed E-state index contributed by atoms with van der Waals surface area (Å²) in [6.45, 7) is 3.03. The second-order valence-electron chi connectivity index (χ2n) is 4.65. The highest BCUT2D eigenvalue weighted by Gasteiger charge is 2.15. The molecular formula is C14H14N2O2S. The first-order chi connectivity index (χ1) is 9.15. The Bertz CT molecular complexity index is 721. The predicted molar refractivity (Wildman–Crippen MR) is 77.8 cm³/mol. The zero-order chi connectivity index (χ0) is 13.4. The molecule has 1 aliphatic heterocycles. The molecule has 1 aliphatic rings. The zero-order valence-corrected chi connectivity index (χ0v) is 11.4. The van der Waals surface area contributed by atoms with Crippen LogP contribution in [0, 0.1) is 0 Å². The summed E-state index contributed by atoms with van der Waals surface area (Å²) in [5, 5.41) is 6.64. The number of rotatable bonds is 1. The van der Waals surface area contributed by atoms with Crippen LogP contribution >= 0.6 is 11.3 Å². The molecule has 0 aliphatic carbocycles. The molecule has 0 unspecified atom stereocenters. The van der Waals surface area contributed by atoms with Gasteiger partial charge >= 0.3 is 0 Å². The van der Waals surface area contributed by atoms with Gasteiger partial charge in [0, 0.05) is 46.2 Å². The van der Waals surface area contributed by atoms with Crippen LogP contribution in [0.4, 0.5) is 5.69 Å². The number of benzene rings is 1. The van der Waals surface area contributed by atoms with E-state index < -0.39 is 0 Å². The quantitative estimate of drug-likeness (QED) is 0.834. The molecule has 1 amide bonds. The van der Waals surface area contributed by atoms with Crippen molar-refractivity contribution in [1.82, 2.24) is 5.32 Å². The number of carbonyl (C=O) groups is 1. The summed E-state index contributed by atoms with van der Waals surface area (Å²) in [6.07, 6.45) is 0.915. The first kappa shape index (κ1) is 12.3. The molecule has 19 heavy (non-hydrogen) atoms. The van der Waals surface area contributed by atoms with Crippen molar-refractivity contribution >= 4 is 33.0 Å². The third-order valence-electron chi connectivity index (χ3n) is 3.22. The summed E-state index contributed by atoms with van der Waals surface area (Å²) in [7, 11) is 0. The molecule has 0 fully saturated rings. The number of anilines is 1. The fourth-order valence-electron chi connectivity index (χ4n) is 2.36. The molecule has 0 spiro atoms. The first-order valence-corrected chi connectivity index (χ1v) is 7.04. The average Bonchev–Trinajstić information content (AvgIpc) is 2.39. The van der Waals surface area contributed by atoms with E-state index >= 15 is 0 Å². The zero-order valence-electron chi connectivity index (χ0n) is 10.6. The van der Waals surface area contributed by atoms with E-state index in [2.05, 4.69) is 10.6 Å². The van der Waals surface area contributed by atoms with Gasteiger partial charge in [-0.2, -0.15) is 0 Å². The maximum atomic E-state index is 12.5. The number of amides is 1. The van der Waals surface area contributed by atoms with Gasteiger partial charge < -0.3 is 10.6 Å². The number of fused-ring (bicyclic) bond motifs is 2. The van der Waals surface area contributed by atoms with Crippen molar-refractivity contribution in [2.75, 3.05) is 11.9 Å². The number of carbonyl (C=O) groups excluding carboxylic acids is 1. The van der Waals surface area contributed by atoms with E-state index in [4.69, 9.17) is 0 Å². The Labute approximate surface area is 114 Å². The Kier molecular flexibility index (Phi) is 3.08. The lowest BCUT2D eigenvalue weighted by Crippen LogP contribution is -2.28. The van der Waals surface area contributed by atoms with Crippen LogP contribution in [0.5, 0.6) is 0 Å². The van der Waals surface area contributed by atoms with Crippen LogP contribution in [-0.2, 0) is 17.8 Å². The van der Waals surface area contributed by atoms with E-state index in [9.17, 15) is 9.59 Å². The molecule has 98 valence electrons. The monoisotopic (exact) mass is 274 g/mol. The summed E-state index contributed by atoms with van der Waals surface area (Å²) in [4.78, 5) is 24.7. The Morgan fingerprint density at radius 1 is 1.42 bits per heavy atom. The van der Waals surface area contributed by atoms with Gasteiger partial charge in [-0.05, 0) is 24.6 Å². The third-order valence-corrected chi connectivity index (χ3v) is 4.49.